The van der Waals surface area contributed by atoms with Crippen LogP contribution in [-0.2, 0) is 11.3 Å². The van der Waals surface area contributed by atoms with Crippen LogP contribution in [0, 0.1) is 5.92 Å². The second-order valence-corrected chi connectivity index (χ2v) is 4.98. The molecule has 0 aliphatic carbocycles. The number of pyridine rings is 1. The maximum atomic E-state index is 5.54. The fourth-order valence-electron chi connectivity index (χ4n) is 2.53. The molecule has 2 heterocycles. The zero-order valence-corrected chi connectivity index (χ0v) is 11.4. The third kappa shape index (κ3) is 3.43. The number of ether oxygens (including phenoxy) is 1. The van der Waals surface area contributed by atoms with Gasteiger partial charge in [0.15, 0.2) is 0 Å². The molecule has 1 atom stereocenters. The summed E-state index contributed by atoms with van der Waals surface area (Å²) in [5.41, 5.74) is 1.25. The van der Waals surface area contributed by atoms with E-state index in [-0.39, 0.29) is 0 Å². The summed E-state index contributed by atoms with van der Waals surface area (Å²) in [5.74, 6) is 1.71. The van der Waals surface area contributed by atoms with Crippen LogP contribution >= 0.6 is 0 Å². The Morgan fingerprint density at radius 1 is 1.56 bits per heavy atom. The summed E-state index contributed by atoms with van der Waals surface area (Å²) < 4.78 is 5.54. The van der Waals surface area contributed by atoms with Crippen molar-refractivity contribution in [3.8, 4) is 0 Å². The predicted molar refractivity (Wildman–Crippen MR) is 73.8 cm³/mol. The van der Waals surface area contributed by atoms with Crippen molar-refractivity contribution < 1.29 is 4.74 Å². The van der Waals surface area contributed by atoms with Crippen LogP contribution in [0.25, 0.3) is 0 Å². The second kappa shape index (κ2) is 6.71. The number of hydrogen-bond acceptors (Lipinski definition) is 4. The van der Waals surface area contributed by atoms with Crippen LogP contribution in [0.4, 0.5) is 5.82 Å². The Morgan fingerprint density at radius 2 is 2.44 bits per heavy atom. The zero-order chi connectivity index (χ0) is 12.8. The first-order chi connectivity index (χ1) is 8.81. The summed E-state index contributed by atoms with van der Waals surface area (Å²) in [6.45, 7) is 3.69. The van der Waals surface area contributed by atoms with Gasteiger partial charge in [-0.2, -0.15) is 0 Å². The van der Waals surface area contributed by atoms with Gasteiger partial charge in [-0.25, -0.2) is 4.98 Å². The fourth-order valence-corrected chi connectivity index (χ4v) is 2.53. The Kier molecular flexibility index (Phi) is 4.96. The van der Waals surface area contributed by atoms with E-state index in [4.69, 9.17) is 4.74 Å². The molecule has 0 radical (unpaired) electrons. The molecule has 0 aromatic carbocycles. The van der Waals surface area contributed by atoms with Crippen molar-refractivity contribution >= 4 is 5.82 Å². The molecular weight excluding hydrogens is 226 g/mol. The molecule has 1 fully saturated rings. The van der Waals surface area contributed by atoms with Crippen molar-refractivity contribution in [1.29, 1.82) is 0 Å². The van der Waals surface area contributed by atoms with Gasteiger partial charge in [0, 0.05) is 38.5 Å². The molecule has 18 heavy (non-hydrogen) atoms. The van der Waals surface area contributed by atoms with Crippen molar-refractivity contribution in [2.24, 2.45) is 5.92 Å². The van der Waals surface area contributed by atoms with E-state index in [0.717, 1.165) is 32.1 Å². The number of rotatable bonds is 5. The van der Waals surface area contributed by atoms with E-state index >= 15 is 0 Å². The maximum absolute atomic E-state index is 5.54. The van der Waals surface area contributed by atoms with Gasteiger partial charge in [-0.1, -0.05) is 6.07 Å². The Labute approximate surface area is 109 Å². The topological polar surface area (TPSA) is 37.4 Å². The van der Waals surface area contributed by atoms with Crippen LogP contribution in [0.15, 0.2) is 18.3 Å². The highest BCUT2D eigenvalue weighted by atomic mass is 16.5. The van der Waals surface area contributed by atoms with E-state index < -0.39 is 0 Å². The van der Waals surface area contributed by atoms with Crippen molar-refractivity contribution in [3.05, 3.63) is 23.9 Å². The number of nitrogens with one attached hydrogen (secondary N) is 1. The number of aromatic nitrogens is 1. The highest BCUT2D eigenvalue weighted by Gasteiger charge is 2.17. The maximum Gasteiger partial charge on any atom is 0.132 e. The first-order valence-corrected chi connectivity index (χ1v) is 6.68. The average molecular weight is 249 g/mol. The van der Waals surface area contributed by atoms with Crippen LogP contribution in [-0.4, -0.2) is 38.8 Å². The van der Waals surface area contributed by atoms with Crippen LogP contribution < -0.4 is 10.2 Å². The van der Waals surface area contributed by atoms with Crippen molar-refractivity contribution in [2.75, 3.05) is 38.8 Å². The lowest BCUT2D eigenvalue weighted by Gasteiger charge is -2.28. The lowest BCUT2D eigenvalue weighted by atomic mass is 10.0. The molecule has 4 nitrogen and oxygen atoms in total. The smallest absolute Gasteiger partial charge is 0.132 e. The molecule has 0 spiro atoms. The molecule has 2 rings (SSSR count). The highest BCUT2D eigenvalue weighted by Crippen LogP contribution is 2.20. The minimum Gasteiger partial charge on any atom is -0.381 e. The van der Waals surface area contributed by atoms with E-state index in [0.29, 0.717) is 5.92 Å². The Hall–Kier alpha value is -1.13. The quantitative estimate of drug-likeness (QED) is 0.861. The van der Waals surface area contributed by atoms with E-state index in [1.807, 2.05) is 19.3 Å². The molecular formula is C14H23N3O. The fraction of sp³-hybridized carbons (Fsp3) is 0.643. The third-order valence-corrected chi connectivity index (χ3v) is 3.38. The number of anilines is 1. The molecule has 1 aromatic rings. The van der Waals surface area contributed by atoms with E-state index in [9.17, 15) is 0 Å². The van der Waals surface area contributed by atoms with E-state index in [1.165, 1.54) is 18.4 Å². The molecule has 4 heteroatoms. The second-order valence-electron chi connectivity index (χ2n) is 4.98. The van der Waals surface area contributed by atoms with Crippen molar-refractivity contribution in [2.45, 2.75) is 19.4 Å². The molecule has 0 bridgehead atoms. The molecule has 1 N–H and O–H groups in total. The summed E-state index contributed by atoms with van der Waals surface area (Å²) >= 11 is 0. The minimum atomic E-state index is 0.633. The van der Waals surface area contributed by atoms with E-state index in [1.54, 1.807) is 0 Å². The molecule has 1 aliphatic heterocycles. The Bertz CT molecular complexity index is 364. The summed E-state index contributed by atoms with van der Waals surface area (Å²) in [5, 5.41) is 3.19. The molecule has 100 valence electrons. The largest absolute Gasteiger partial charge is 0.381 e. The minimum absolute atomic E-state index is 0.633. The van der Waals surface area contributed by atoms with Crippen LogP contribution in [0.3, 0.4) is 0 Å². The first-order valence-electron chi connectivity index (χ1n) is 6.68. The predicted octanol–water partition coefficient (Wildman–Crippen LogP) is 1.66. The normalized spacial score (nSPS) is 19.8. The summed E-state index contributed by atoms with van der Waals surface area (Å²) in [7, 11) is 4.09. The molecule has 1 aliphatic rings. The zero-order valence-electron chi connectivity index (χ0n) is 11.4. The molecule has 1 aromatic heterocycles. The van der Waals surface area contributed by atoms with Gasteiger partial charge in [-0.3, -0.25) is 0 Å². The number of nitrogens with zero attached hydrogens (tertiary/aromatic N) is 2. The molecule has 1 saturated heterocycles. The summed E-state index contributed by atoms with van der Waals surface area (Å²) in [4.78, 5) is 6.76. The lowest BCUT2D eigenvalue weighted by Crippen LogP contribution is -2.32. The molecule has 1 unspecified atom stereocenters. The van der Waals surface area contributed by atoms with Crippen LogP contribution in [0.5, 0.6) is 0 Å². The Morgan fingerprint density at radius 3 is 3.17 bits per heavy atom. The van der Waals surface area contributed by atoms with Gasteiger partial charge in [-0.05, 0) is 31.9 Å². The van der Waals surface area contributed by atoms with Gasteiger partial charge in [0.1, 0.15) is 5.82 Å². The SMILES string of the molecule is CNCc1cccnc1N(C)CC1CCCOC1. The van der Waals surface area contributed by atoms with Gasteiger partial charge >= 0.3 is 0 Å². The van der Waals surface area contributed by atoms with Gasteiger partial charge in [0.2, 0.25) is 0 Å². The molecule has 0 saturated carbocycles. The highest BCUT2D eigenvalue weighted by molar-refractivity contribution is 5.45. The van der Waals surface area contributed by atoms with E-state index in [2.05, 4.69) is 28.3 Å². The standard InChI is InChI=1S/C14H23N3O/c1-15-9-13-6-3-7-16-14(13)17(2)10-12-5-4-8-18-11-12/h3,6-7,12,15H,4-5,8-11H2,1-2H3. The van der Waals surface area contributed by atoms with Gasteiger partial charge in [0.25, 0.3) is 0 Å². The monoisotopic (exact) mass is 249 g/mol. The summed E-state index contributed by atoms with van der Waals surface area (Å²) in [6.07, 6.45) is 4.31. The van der Waals surface area contributed by atoms with Crippen molar-refractivity contribution in [1.82, 2.24) is 10.3 Å². The van der Waals surface area contributed by atoms with Crippen LogP contribution in [0.2, 0.25) is 0 Å². The molecule has 0 amide bonds. The van der Waals surface area contributed by atoms with Gasteiger partial charge in [0.05, 0.1) is 6.61 Å². The number of hydrogen-bond donors (Lipinski definition) is 1. The summed E-state index contributed by atoms with van der Waals surface area (Å²) in [6, 6.07) is 4.13. The third-order valence-electron chi connectivity index (χ3n) is 3.38. The lowest BCUT2D eigenvalue weighted by molar-refractivity contribution is 0.0576. The van der Waals surface area contributed by atoms with Crippen LogP contribution in [0.1, 0.15) is 18.4 Å². The van der Waals surface area contributed by atoms with Gasteiger partial charge < -0.3 is 15.0 Å². The average Bonchev–Trinajstić information content (AvgIpc) is 2.41. The van der Waals surface area contributed by atoms with Crippen molar-refractivity contribution in [3.63, 3.8) is 0 Å². The Balaban J connectivity index is 2.00. The first kappa shape index (κ1) is 13.3. The van der Waals surface area contributed by atoms with Gasteiger partial charge in [-0.15, -0.1) is 0 Å².